The third-order valence-corrected chi connectivity index (χ3v) is 10.4. The van der Waals surface area contributed by atoms with Crippen LogP contribution in [0.25, 0.3) is 101 Å². The highest BCUT2D eigenvalue weighted by Crippen LogP contribution is 2.45. The van der Waals surface area contributed by atoms with E-state index in [4.69, 9.17) is 19.4 Å². The third-order valence-electron chi connectivity index (χ3n) is 10.4. The molecule has 0 saturated carbocycles. The fourth-order valence-corrected chi connectivity index (χ4v) is 7.68. The molecule has 10 aromatic rings. The van der Waals surface area contributed by atoms with Crippen LogP contribution in [0.4, 0.5) is 0 Å². The maximum absolute atomic E-state index is 9.73. The van der Waals surface area contributed by atoms with Crippen LogP contribution in [0.1, 0.15) is 5.56 Å². The van der Waals surface area contributed by atoms with Gasteiger partial charge < -0.3 is 4.42 Å². The summed E-state index contributed by atoms with van der Waals surface area (Å²) < 4.78 is 6.89. The Balaban J connectivity index is 1.17. The van der Waals surface area contributed by atoms with Gasteiger partial charge in [0.1, 0.15) is 11.2 Å². The molecule has 0 amide bonds. The summed E-state index contributed by atoms with van der Waals surface area (Å²) >= 11 is 0. The second kappa shape index (κ2) is 14.4. The predicted octanol–water partition coefficient (Wildman–Crippen LogP) is 13.3. The minimum atomic E-state index is 0.537. The zero-order chi connectivity index (χ0) is 38.1. The van der Waals surface area contributed by atoms with Gasteiger partial charge in [0, 0.05) is 33.0 Å². The lowest BCUT2D eigenvalue weighted by Gasteiger charge is -2.13. The molecule has 0 atom stereocenters. The molecule has 8 aromatic carbocycles. The Bertz CT molecular complexity index is 3110. The number of fused-ring (bicyclic) bond motifs is 3. The molecule has 5 heteroatoms. The van der Waals surface area contributed by atoms with E-state index in [9.17, 15) is 5.26 Å². The molecular weight excluding hydrogens is 697 g/mol. The highest BCUT2D eigenvalue weighted by Gasteiger charge is 2.22. The smallest absolute Gasteiger partial charge is 0.164 e. The zero-order valence-electron chi connectivity index (χ0n) is 30.7. The van der Waals surface area contributed by atoms with E-state index >= 15 is 0 Å². The summed E-state index contributed by atoms with van der Waals surface area (Å²) in [5.74, 6) is 1.65. The van der Waals surface area contributed by atoms with E-state index in [1.807, 2.05) is 109 Å². The van der Waals surface area contributed by atoms with Crippen LogP contribution in [0.3, 0.4) is 0 Å². The van der Waals surface area contributed by atoms with Crippen LogP contribution in [0.5, 0.6) is 0 Å². The molecule has 0 radical (unpaired) electrons. The molecule has 0 saturated heterocycles. The van der Waals surface area contributed by atoms with Gasteiger partial charge in [-0.25, -0.2) is 15.0 Å². The fraction of sp³-hybridized carbons (Fsp3) is 0. The van der Waals surface area contributed by atoms with Crippen molar-refractivity contribution >= 4 is 21.9 Å². The molecule has 10 rings (SSSR count). The van der Waals surface area contributed by atoms with Crippen molar-refractivity contribution in [3.63, 3.8) is 0 Å². The average Bonchev–Trinajstić information content (AvgIpc) is 3.68. The van der Waals surface area contributed by atoms with Gasteiger partial charge in [-0.2, -0.15) is 5.26 Å². The van der Waals surface area contributed by atoms with E-state index in [1.54, 1.807) is 0 Å². The fourth-order valence-electron chi connectivity index (χ4n) is 7.68. The molecule has 0 aliphatic rings. The molecule has 0 unspecified atom stereocenters. The van der Waals surface area contributed by atoms with Crippen LogP contribution in [-0.4, -0.2) is 15.0 Å². The molecule has 57 heavy (non-hydrogen) atoms. The largest absolute Gasteiger partial charge is 0.455 e. The lowest BCUT2D eigenvalue weighted by atomic mass is 9.93. The monoisotopic (exact) mass is 728 g/mol. The lowest BCUT2D eigenvalue weighted by molar-refractivity contribution is 0.670. The van der Waals surface area contributed by atoms with Crippen molar-refractivity contribution < 1.29 is 4.42 Å². The quantitative estimate of drug-likeness (QED) is 0.163. The minimum absolute atomic E-state index is 0.537. The normalized spacial score (nSPS) is 11.1. The van der Waals surface area contributed by atoms with Gasteiger partial charge in [0.15, 0.2) is 17.5 Å². The molecule has 266 valence electrons. The molecule has 5 nitrogen and oxygen atoms in total. The highest BCUT2D eigenvalue weighted by molar-refractivity contribution is 6.17. The van der Waals surface area contributed by atoms with Crippen LogP contribution in [0.15, 0.2) is 199 Å². The van der Waals surface area contributed by atoms with Gasteiger partial charge in [-0.1, -0.05) is 164 Å². The lowest BCUT2D eigenvalue weighted by Crippen LogP contribution is -2.01. The summed E-state index contributed by atoms with van der Waals surface area (Å²) in [5, 5.41) is 11.8. The minimum Gasteiger partial charge on any atom is -0.455 e. The molecule has 0 spiro atoms. The van der Waals surface area contributed by atoms with Crippen LogP contribution in [0.2, 0.25) is 0 Å². The number of furan rings is 1. The first kappa shape index (κ1) is 33.6. The van der Waals surface area contributed by atoms with Gasteiger partial charge in [0.2, 0.25) is 0 Å². The molecule has 0 N–H and O–H groups in total. The molecule has 0 bridgehead atoms. The number of nitrogens with zero attached hydrogens (tertiary/aromatic N) is 4. The van der Waals surface area contributed by atoms with E-state index in [0.717, 1.165) is 77.6 Å². The van der Waals surface area contributed by atoms with E-state index < -0.39 is 0 Å². The van der Waals surface area contributed by atoms with Gasteiger partial charge >= 0.3 is 0 Å². The van der Waals surface area contributed by atoms with Crippen LogP contribution >= 0.6 is 0 Å². The van der Waals surface area contributed by atoms with Gasteiger partial charge in [-0.05, 0) is 69.3 Å². The molecule has 0 aliphatic carbocycles. The number of hydrogen-bond donors (Lipinski definition) is 0. The van der Waals surface area contributed by atoms with Crippen LogP contribution in [-0.2, 0) is 0 Å². The summed E-state index contributed by atoms with van der Waals surface area (Å²) in [6.07, 6.45) is 0. The predicted molar refractivity (Wildman–Crippen MR) is 230 cm³/mol. The number of benzene rings is 8. The first-order valence-electron chi connectivity index (χ1n) is 18.8. The first-order valence-corrected chi connectivity index (χ1v) is 18.8. The van der Waals surface area contributed by atoms with Crippen LogP contribution < -0.4 is 0 Å². The van der Waals surface area contributed by atoms with E-state index in [0.29, 0.717) is 23.0 Å². The second-order valence-corrected chi connectivity index (χ2v) is 13.9. The van der Waals surface area contributed by atoms with Crippen molar-refractivity contribution in [1.29, 1.82) is 5.26 Å². The first-order chi connectivity index (χ1) is 28.2. The number of nitriles is 1. The summed E-state index contributed by atoms with van der Waals surface area (Å²) in [5.41, 5.74) is 13.0. The van der Waals surface area contributed by atoms with Gasteiger partial charge in [0.25, 0.3) is 0 Å². The summed E-state index contributed by atoms with van der Waals surface area (Å²) in [6.45, 7) is 0. The molecule has 0 aliphatic heterocycles. The summed E-state index contributed by atoms with van der Waals surface area (Å²) in [6, 6.07) is 68.0. The van der Waals surface area contributed by atoms with Gasteiger partial charge in [-0.15, -0.1) is 0 Å². The number of aromatic nitrogens is 3. The summed E-state index contributed by atoms with van der Waals surface area (Å²) in [4.78, 5) is 15.3. The molecule has 0 fully saturated rings. The number of hydrogen-bond acceptors (Lipinski definition) is 5. The molecular formula is C52H32N4O. The topological polar surface area (TPSA) is 75.6 Å². The second-order valence-electron chi connectivity index (χ2n) is 13.9. The molecule has 2 aromatic heterocycles. The van der Waals surface area contributed by atoms with Crippen LogP contribution in [0, 0.1) is 11.3 Å². The Hall–Kier alpha value is -7.94. The van der Waals surface area contributed by atoms with Crippen molar-refractivity contribution in [2.45, 2.75) is 0 Å². The van der Waals surface area contributed by atoms with Crippen molar-refractivity contribution in [3.8, 4) is 84.7 Å². The Morgan fingerprint density at radius 2 is 0.930 bits per heavy atom. The standard InChI is InChI=1S/C52H32N4O/c53-33-41-20-10-11-23-42(41)35-26-28-38(29-27-35)51-54-50(37-18-8-3-9-19-37)55-52(56-51)45-31-30-44-48-43(40-22-12-21-39(32-40)34-14-4-1-5-15-34)24-13-25-46(48)57-49(44)47(45)36-16-6-2-7-17-36/h1-32H. The van der Waals surface area contributed by atoms with E-state index in [2.05, 4.69) is 91.0 Å². The Labute approximate surface area is 329 Å². The third kappa shape index (κ3) is 6.22. The maximum atomic E-state index is 9.73. The van der Waals surface area contributed by atoms with Gasteiger partial charge in [-0.3, -0.25) is 0 Å². The average molecular weight is 729 g/mol. The Morgan fingerprint density at radius 1 is 0.386 bits per heavy atom. The maximum Gasteiger partial charge on any atom is 0.164 e. The van der Waals surface area contributed by atoms with Crippen molar-refractivity contribution in [2.75, 3.05) is 0 Å². The van der Waals surface area contributed by atoms with Gasteiger partial charge in [0.05, 0.1) is 11.6 Å². The van der Waals surface area contributed by atoms with Crippen molar-refractivity contribution in [1.82, 2.24) is 15.0 Å². The van der Waals surface area contributed by atoms with Crippen molar-refractivity contribution in [3.05, 3.63) is 200 Å². The van der Waals surface area contributed by atoms with E-state index in [-0.39, 0.29) is 0 Å². The summed E-state index contributed by atoms with van der Waals surface area (Å²) in [7, 11) is 0. The Morgan fingerprint density at radius 3 is 1.65 bits per heavy atom. The number of rotatable bonds is 7. The zero-order valence-corrected chi connectivity index (χ0v) is 30.7. The van der Waals surface area contributed by atoms with Crippen molar-refractivity contribution in [2.24, 2.45) is 0 Å². The molecule has 2 heterocycles. The van der Waals surface area contributed by atoms with E-state index in [1.165, 1.54) is 5.56 Å². The Kier molecular flexibility index (Phi) is 8.48. The SMILES string of the molecule is N#Cc1ccccc1-c1ccc(-c2nc(-c3ccccc3)nc(-c3ccc4c(oc5cccc(-c6cccc(-c7ccccc7)c6)c54)c3-c3ccccc3)n2)cc1. The highest BCUT2D eigenvalue weighted by atomic mass is 16.3.